The predicted octanol–water partition coefficient (Wildman–Crippen LogP) is 2.46. The van der Waals surface area contributed by atoms with Crippen molar-refractivity contribution in [2.75, 3.05) is 18.5 Å². The number of rotatable bonds is 6. The summed E-state index contributed by atoms with van der Waals surface area (Å²) in [6.45, 7) is 1.41. The molecule has 0 aliphatic carbocycles. The van der Waals surface area contributed by atoms with Gasteiger partial charge in [0.2, 0.25) is 0 Å². The van der Waals surface area contributed by atoms with Crippen LogP contribution in [0.1, 0.15) is 6.42 Å². The molecule has 1 heterocycles. The van der Waals surface area contributed by atoms with Gasteiger partial charge in [0.1, 0.15) is 11.5 Å². The zero-order chi connectivity index (χ0) is 14.5. The maximum absolute atomic E-state index is 13.1. The maximum Gasteiger partial charge on any atom is 0.295 e. The van der Waals surface area contributed by atoms with Gasteiger partial charge >= 0.3 is 0 Å². The number of hydrogen-bond acceptors (Lipinski definition) is 4. The normalized spacial score (nSPS) is 10.5. The first-order valence-electron chi connectivity index (χ1n) is 6.19. The first-order valence-corrected chi connectivity index (χ1v) is 6.19. The monoisotopic (exact) mass is 278 g/mol. The average molecular weight is 278 g/mol. The minimum atomic E-state index is -0.604. The fourth-order valence-electron chi connectivity index (χ4n) is 2.00. The van der Waals surface area contributed by atoms with E-state index in [0.29, 0.717) is 12.2 Å². The van der Waals surface area contributed by atoms with Crippen LogP contribution in [0.3, 0.4) is 0 Å². The van der Waals surface area contributed by atoms with Gasteiger partial charge in [-0.1, -0.05) is 0 Å². The molecule has 0 unspecified atom stereocenters. The van der Waals surface area contributed by atoms with Crippen LogP contribution in [0.25, 0.3) is 0 Å². The number of anilines is 1. The van der Waals surface area contributed by atoms with Gasteiger partial charge in [-0.3, -0.25) is 10.1 Å². The highest BCUT2D eigenvalue weighted by Gasteiger charge is 2.17. The molecule has 2 aromatic rings. The number of aryl methyl sites for hydroxylation is 1. The molecule has 0 aliphatic rings. The van der Waals surface area contributed by atoms with E-state index in [-0.39, 0.29) is 5.69 Å². The maximum atomic E-state index is 13.1. The summed E-state index contributed by atoms with van der Waals surface area (Å²) in [5, 5.41) is 10.9. The van der Waals surface area contributed by atoms with Crippen LogP contribution in [0.15, 0.2) is 36.9 Å². The summed E-state index contributed by atoms with van der Waals surface area (Å²) in [4.78, 5) is 16.1. The van der Waals surface area contributed by atoms with Gasteiger partial charge in [-0.2, -0.15) is 0 Å². The lowest BCUT2D eigenvalue weighted by molar-refractivity contribution is -0.384. The summed E-state index contributed by atoms with van der Waals surface area (Å²) in [6, 6.07) is 3.61. The summed E-state index contributed by atoms with van der Waals surface area (Å²) in [5.74, 6) is -0.604. The topological polar surface area (TPSA) is 64.2 Å². The third kappa shape index (κ3) is 3.31. The predicted molar refractivity (Wildman–Crippen MR) is 73.2 cm³/mol. The zero-order valence-corrected chi connectivity index (χ0v) is 11.1. The Balaban J connectivity index is 2.01. The molecule has 2 rings (SSSR count). The lowest BCUT2D eigenvalue weighted by Crippen LogP contribution is -2.20. The van der Waals surface area contributed by atoms with E-state index in [1.165, 1.54) is 12.1 Å². The van der Waals surface area contributed by atoms with Crippen molar-refractivity contribution in [2.24, 2.45) is 0 Å². The molecule has 20 heavy (non-hydrogen) atoms. The first kappa shape index (κ1) is 14.0. The number of imidazole rings is 1. The van der Waals surface area contributed by atoms with Gasteiger partial charge in [-0.15, -0.1) is 0 Å². The van der Waals surface area contributed by atoms with Crippen LogP contribution < -0.4 is 4.90 Å². The SMILES string of the molecule is CN(CCCn1ccnc1)c1ccc(F)cc1[N+](=O)[O-]. The Morgan fingerprint density at radius 2 is 2.30 bits per heavy atom. The summed E-state index contributed by atoms with van der Waals surface area (Å²) in [7, 11) is 1.76. The van der Waals surface area contributed by atoms with Crippen molar-refractivity contribution < 1.29 is 9.31 Å². The zero-order valence-electron chi connectivity index (χ0n) is 11.1. The molecular formula is C13H15FN4O2. The molecule has 0 amide bonds. The summed E-state index contributed by atoms with van der Waals surface area (Å²) in [5.41, 5.74) is 0.206. The molecule has 0 saturated heterocycles. The van der Waals surface area contributed by atoms with Gasteiger partial charge in [-0.05, 0) is 18.6 Å². The second kappa shape index (κ2) is 6.14. The van der Waals surface area contributed by atoms with Crippen LogP contribution in [0, 0.1) is 15.9 Å². The van der Waals surface area contributed by atoms with Crippen LogP contribution in [0.4, 0.5) is 15.8 Å². The van der Waals surface area contributed by atoms with Gasteiger partial charge < -0.3 is 9.47 Å². The molecular weight excluding hydrogens is 263 g/mol. The molecule has 6 nitrogen and oxygen atoms in total. The number of nitrogens with zero attached hydrogens (tertiary/aromatic N) is 4. The summed E-state index contributed by atoms with van der Waals surface area (Å²) in [6.07, 6.45) is 6.09. The van der Waals surface area contributed by atoms with Crippen molar-refractivity contribution in [3.05, 3.63) is 52.9 Å². The quantitative estimate of drug-likeness (QED) is 0.601. The van der Waals surface area contributed by atoms with Crippen molar-refractivity contribution in [3.8, 4) is 0 Å². The molecule has 0 saturated carbocycles. The Morgan fingerprint density at radius 1 is 1.50 bits per heavy atom. The Morgan fingerprint density at radius 3 is 2.95 bits per heavy atom. The van der Waals surface area contributed by atoms with E-state index in [4.69, 9.17) is 0 Å². The average Bonchev–Trinajstić information content (AvgIpc) is 2.91. The standard InChI is InChI=1S/C13H15FN4O2/c1-16(6-2-7-17-8-5-15-10-17)12-4-3-11(14)9-13(12)18(19)20/h3-5,8-10H,2,6-7H2,1H3. The number of halogens is 1. The lowest BCUT2D eigenvalue weighted by atomic mass is 10.2. The molecule has 0 aliphatic heterocycles. The van der Waals surface area contributed by atoms with Crippen LogP contribution in [0.5, 0.6) is 0 Å². The van der Waals surface area contributed by atoms with E-state index in [1.54, 1.807) is 24.5 Å². The van der Waals surface area contributed by atoms with Gasteiger partial charge in [0.05, 0.1) is 17.3 Å². The summed E-state index contributed by atoms with van der Waals surface area (Å²) >= 11 is 0. The van der Waals surface area contributed by atoms with Gasteiger partial charge in [0, 0.05) is 32.5 Å². The Labute approximate surface area is 115 Å². The Bertz CT molecular complexity index is 586. The van der Waals surface area contributed by atoms with E-state index in [0.717, 1.165) is 19.0 Å². The fourth-order valence-corrected chi connectivity index (χ4v) is 2.00. The van der Waals surface area contributed by atoms with Crippen molar-refractivity contribution >= 4 is 11.4 Å². The highest BCUT2D eigenvalue weighted by Crippen LogP contribution is 2.28. The molecule has 0 radical (unpaired) electrons. The van der Waals surface area contributed by atoms with Crippen molar-refractivity contribution in [1.29, 1.82) is 0 Å². The van der Waals surface area contributed by atoms with E-state index in [9.17, 15) is 14.5 Å². The van der Waals surface area contributed by atoms with Crippen molar-refractivity contribution in [1.82, 2.24) is 9.55 Å². The van der Waals surface area contributed by atoms with Crippen LogP contribution >= 0.6 is 0 Å². The number of benzene rings is 1. The largest absolute Gasteiger partial charge is 0.369 e. The van der Waals surface area contributed by atoms with Gasteiger partial charge in [0.15, 0.2) is 0 Å². The van der Waals surface area contributed by atoms with Crippen molar-refractivity contribution in [2.45, 2.75) is 13.0 Å². The molecule has 7 heteroatoms. The van der Waals surface area contributed by atoms with Crippen molar-refractivity contribution in [3.63, 3.8) is 0 Å². The minimum Gasteiger partial charge on any atom is -0.369 e. The van der Waals surface area contributed by atoms with E-state index in [2.05, 4.69) is 4.98 Å². The summed E-state index contributed by atoms with van der Waals surface area (Å²) < 4.78 is 15.0. The lowest BCUT2D eigenvalue weighted by Gasteiger charge is -2.19. The Kier molecular flexibility index (Phi) is 4.29. The third-order valence-electron chi connectivity index (χ3n) is 3.01. The number of nitro groups is 1. The molecule has 1 aromatic heterocycles. The van der Waals surface area contributed by atoms with Crippen LogP contribution in [-0.2, 0) is 6.54 Å². The highest BCUT2D eigenvalue weighted by atomic mass is 19.1. The molecule has 0 N–H and O–H groups in total. The minimum absolute atomic E-state index is 0.213. The first-order chi connectivity index (χ1) is 9.58. The van der Waals surface area contributed by atoms with Crippen LogP contribution in [-0.4, -0.2) is 28.1 Å². The smallest absolute Gasteiger partial charge is 0.295 e. The molecule has 0 spiro atoms. The molecule has 0 fully saturated rings. The highest BCUT2D eigenvalue weighted by molar-refractivity contribution is 5.62. The molecule has 106 valence electrons. The number of nitro benzene ring substituents is 1. The molecule has 0 atom stereocenters. The Hall–Kier alpha value is -2.44. The van der Waals surface area contributed by atoms with E-state index >= 15 is 0 Å². The van der Waals surface area contributed by atoms with E-state index < -0.39 is 10.7 Å². The van der Waals surface area contributed by atoms with Gasteiger partial charge in [0.25, 0.3) is 5.69 Å². The number of aromatic nitrogens is 2. The third-order valence-corrected chi connectivity index (χ3v) is 3.01. The molecule has 0 bridgehead atoms. The second-order valence-corrected chi connectivity index (χ2v) is 4.47. The van der Waals surface area contributed by atoms with Gasteiger partial charge in [-0.25, -0.2) is 9.37 Å². The molecule has 1 aromatic carbocycles. The number of hydrogen-bond donors (Lipinski definition) is 0. The fraction of sp³-hybridized carbons (Fsp3) is 0.308. The second-order valence-electron chi connectivity index (χ2n) is 4.47. The van der Waals surface area contributed by atoms with Crippen LogP contribution in [0.2, 0.25) is 0 Å². The van der Waals surface area contributed by atoms with E-state index in [1.807, 2.05) is 10.8 Å².